The van der Waals surface area contributed by atoms with E-state index in [1.165, 1.54) is 0 Å². The lowest BCUT2D eigenvalue weighted by Crippen LogP contribution is -2.01. The molecule has 1 aromatic carbocycles. The predicted octanol–water partition coefficient (Wildman–Crippen LogP) is 2.02. The summed E-state index contributed by atoms with van der Waals surface area (Å²) in [5.41, 5.74) is 3.03. The minimum absolute atomic E-state index is 0.0615. The Hall–Kier alpha value is -2.30. The summed E-state index contributed by atoms with van der Waals surface area (Å²) in [5, 5.41) is 15.7. The fourth-order valence-corrected chi connectivity index (χ4v) is 1.86. The molecule has 0 saturated heterocycles. The van der Waals surface area contributed by atoms with E-state index in [-0.39, 0.29) is 6.42 Å². The van der Waals surface area contributed by atoms with Crippen LogP contribution in [0.5, 0.6) is 5.75 Å². The maximum absolute atomic E-state index is 10.7. The van der Waals surface area contributed by atoms with Gasteiger partial charge >= 0.3 is 5.97 Å². The maximum Gasteiger partial charge on any atom is 0.309 e. The molecule has 0 fully saturated rings. The zero-order chi connectivity index (χ0) is 13.1. The number of ether oxygens (including phenoxy) is 1. The Kier molecular flexibility index (Phi) is 3.32. The number of methoxy groups -OCH3 is 1. The molecule has 0 aliphatic heterocycles. The van der Waals surface area contributed by atoms with Crippen molar-refractivity contribution in [1.29, 1.82) is 0 Å². The predicted molar refractivity (Wildman–Crippen MR) is 66.7 cm³/mol. The summed E-state index contributed by atoms with van der Waals surface area (Å²) < 4.78 is 5.27. The van der Waals surface area contributed by atoms with Crippen LogP contribution in [0, 0.1) is 6.92 Å². The number of aliphatic carboxylic acids is 1. The van der Waals surface area contributed by atoms with Crippen molar-refractivity contribution in [1.82, 2.24) is 10.2 Å². The van der Waals surface area contributed by atoms with E-state index in [1.807, 2.05) is 31.2 Å². The topological polar surface area (TPSA) is 75.2 Å². The molecule has 5 heteroatoms. The van der Waals surface area contributed by atoms with Gasteiger partial charge < -0.3 is 9.84 Å². The lowest BCUT2D eigenvalue weighted by atomic mass is 10.1. The first-order valence-corrected chi connectivity index (χ1v) is 5.52. The van der Waals surface area contributed by atoms with Crippen LogP contribution < -0.4 is 4.74 Å². The van der Waals surface area contributed by atoms with Crippen molar-refractivity contribution in [2.75, 3.05) is 7.11 Å². The first-order chi connectivity index (χ1) is 8.63. The molecule has 0 radical (unpaired) electrons. The van der Waals surface area contributed by atoms with Crippen LogP contribution in [0.3, 0.4) is 0 Å². The van der Waals surface area contributed by atoms with Crippen molar-refractivity contribution >= 4 is 5.97 Å². The number of rotatable bonds is 4. The second kappa shape index (κ2) is 4.91. The van der Waals surface area contributed by atoms with Gasteiger partial charge in [0.25, 0.3) is 0 Å². The third kappa shape index (κ3) is 2.20. The fourth-order valence-electron chi connectivity index (χ4n) is 1.86. The van der Waals surface area contributed by atoms with Gasteiger partial charge in [-0.25, -0.2) is 0 Å². The highest BCUT2D eigenvalue weighted by Gasteiger charge is 2.15. The van der Waals surface area contributed by atoms with Gasteiger partial charge in [0.15, 0.2) is 0 Å². The van der Waals surface area contributed by atoms with Crippen LogP contribution in [0.25, 0.3) is 11.3 Å². The maximum atomic E-state index is 10.7. The van der Waals surface area contributed by atoms with E-state index in [2.05, 4.69) is 10.2 Å². The van der Waals surface area contributed by atoms with Gasteiger partial charge in [-0.15, -0.1) is 0 Å². The molecule has 1 aromatic heterocycles. The molecule has 0 amide bonds. The van der Waals surface area contributed by atoms with Gasteiger partial charge in [-0.3, -0.25) is 9.89 Å². The van der Waals surface area contributed by atoms with Gasteiger partial charge in [0.1, 0.15) is 5.75 Å². The molecule has 0 aliphatic rings. The number of para-hydroxylation sites is 1. The first-order valence-electron chi connectivity index (χ1n) is 5.52. The Labute approximate surface area is 104 Å². The molecule has 0 atom stereocenters. The Bertz CT molecular complexity index is 575. The number of carboxylic acids is 1. The smallest absolute Gasteiger partial charge is 0.309 e. The SMILES string of the molecule is COc1ccccc1-c1n[nH]c(CC(=O)O)c1C. The van der Waals surface area contributed by atoms with Crippen molar-refractivity contribution in [3.63, 3.8) is 0 Å². The highest BCUT2D eigenvalue weighted by atomic mass is 16.5. The number of hydrogen-bond acceptors (Lipinski definition) is 3. The minimum Gasteiger partial charge on any atom is -0.496 e. The number of carbonyl (C=O) groups is 1. The summed E-state index contributed by atoms with van der Waals surface area (Å²) in [7, 11) is 1.60. The van der Waals surface area contributed by atoms with E-state index in [0.717, 1.165) is 16.8 Å². The van der Waals surface area contributed by atoms with Crippen LogP contribution in [-0.4, -0.2) is 28.4 Å². The van der Waals surface area contributed by atoms with E-state index in [4.69, 9.17) is 9.84 Å². The van der Waals surface area contributed by atoms with E-state index >= 15 is 0 Å². The number of nitrogens with zero attached hydrogens (tertiary/aromatic N) is 1. The number of benzene rings is 1. The average molecular weight is 246 g/mol. The molecule has 94 valence electrons. The van der Waals surface area contributed by atoms with Crippen molar-refractivity contribution < 1.29 is 14.6 Å². The number of aromatic nitrogens is 2. The van der Waals surface area contributed by atoms with Gasteiger partial charge in [0, 0.05) is 11.3 Å². The molecule has 0 bridgehead atoms. The second-order valence-electron chi connectivity index (χ2n) is 3.95. The van der Waals surface area contributed by atoms with E-state index < -0.39 is 5.97 Å². The minimum atomic E-state index is -0.881. The molecule has 18 heavy (non-hydrogen) atoms. The zero-order valence-corrected chi connectivity index (χ0v) is 10.2. The number of nitrogens with one attached hydrogen (secondary N) is 1. The zero-order valence-electron chi connectivity index (χ0n) is 10.2. The first kappa shape index (κ1) is 12.2. The quantitative estimate of drug-likeness (QED) is 0.865. The normalized spacial score (nSPS) is 10.3. The van der Waals surface area contributed by atoms with Gasteiger partial charge in [0.05, 0.1) is 19.2 Å². The third-order valence-electron chi connectivity index (χ3n) is 2.80. The molecule has 2 aromatic rings. The van der Waals surface area contributed by atoms with Crippen LogP contribution in [-0.2, 0) is 11.2 Å². The molecule has 0 unspecified atom stereocenters. The molecule has 0 aliphatic carbocycles. The monoisotopic (exact) mass is 246 g/mol. The number of aromatic amines is 1. The third-order valence-corrected chi connectivity index (χ3v) is 2.80. The summed E-state index contributed by atoms with van der Waals surface area (Å²) in [6.45, 7) is 1.85. The molecule has 5 nitrogen and oxygen atoms in total. The fraction of sp³-hybridized carbons (Fsp3) is 0.231. The van der Waals surface area contributed by atoms with Gasteiger partial charge in [-0.05, 0) is 24.6 Å². The highest BCUT2D eigenvalue weighted by Crippen LogP contribution is 2.31. The lowest BCUT2D eigenvalue weighted by molar-refractivity contribution is -0.136. The van der Waals surface area contributed by atoms with Crippen LogP contribution >= 0.6 is 0 Å². The molecular formula is C13H14N2O3. The molecule has 0 saturated carbocycles. The van der Waals surface area contributed by atoms with Crippen LogP contribution in [0.2, 0.25) is 0 Å². The number of hydrogen-bond donors (Lipinski definition) is 2. The van der Waals surface area contributed by atoms with Crippen molar-refractivity contribution in [3.8, 4) is 17.0 Å². The summed E-state index contributed by atoms with van der Waals surface area (Å²) in [6, 6.07) is 7.51. The average Bonchev–Trinajstić information content (AvgIpc) is 2.70. The Morgan fingerprint density at radius 2 is 2.17 bits per heavy atom. The molecule has 0 spiro atoms. The van der Waals surface area contributed by atoms with Crippen molar-refractivity contribution in [3.05, 3.63) is 35.5 Å². The Morgan fingerprint density at radius 3 is 2.83 bits per heavy atom. The molecule has 2 rings (SSSR count). The number of carboxylic acid groups (broad SMARTS) is 1. The summed E-state index contributed by atoms with van der Waals surface area (Å²) in [6.07, 6.45) is -0.0615. The molecular weight excluding hydrogens is 232 g/mol. The summed E-state index contributed by atoms with van der Waals surface area (Å²) >= 11 is 0. The van der Waals surface area contributed by atoms with E-state index in [1.54, 1.807) is 7.11 Å². The number of H-pyrrole nitrogens is 1. The summed E-state index contributed by atoms with van der Waals surface area (Å²) in [4.78, 5) is 10.7. The van der Waals surface area contributed by atoms with E-state index in [0.29, 0.717) is 11.4 Å². The van der Waals surface area contributed by atoms with Crippen LogP contribution in [0.4, 0.5) is 0 Å². The van der Waals surface area contributed by atoms with Crippen molar-refractivity contribution in [2.24, 2.45) is 0 Å². The van der Waals surface area contributed by atoms with Gasteiger partial charge in [-0.2, -0.15) is 5.10 Å². The van der Waals surface area contributed by atoms with Gasteiger partial charge in [0.2, 0.25) is 0 Å². The standard InChI is InChI=1S/C13H14N2O3/c1-8-10(7-12(16)17)14-15-13(8)9-5-3-4-6-11(9)18-2/h3-6H,7H2,1-2H3,(H,14,15)(H,16,17). The molecule has 2 N–H and O–H groups in total. The van der Waals surface area contributed by atoms with Gasteiger partial charge in [-0.1, -0.05) is 12.1 Å². The largest absolute Gasteiger partial charge is 0.496 e. The van der Waals surface area contributed by atoms with Crippen LogP contribution in [0.1, 0.15) is 11.3 Å². The van der Waals surface area contributed by atoms with E-state index in [9.17, 15) is 4.79 Å². The summed E-state index contributed by atoms with van der Waals surface area (Å²) in [5.74, 6) is -0.165. The Balaban J connectivity index is 2.45. The lowest BCUT2D eigenvalue weighted by Gasteiger charge is -2.06. The van der Waals surface area contributed by atoms with Crippen LogP contribution in [0.15, 0.2) is 24.3 Å². The van der Waals surface area contributed by atoms with Crippen molar-refractivity contribution in [2.45, 2.75) is 13.3 Å². The Morgan fingerprint density at radius 1 is 1.44 bits per heavy atom. The second-order valence-corrected chi connectivity index (χ2v) is 3.95. The molecule has 1 heterocycles. The highest BCUT2D eigenvalue weighted by molar-refractivity contribution is 5.74.